The van der Waals surface area contributed by atoms with Crippen LogP contribution in [0.15, 0.2) is 48.5 Å². The number of hydrogen-bond acceptors (Lipinski definition) is 2. The molecule has 3 rings (SSSR count). The monoisotopic (exact) mass is 314 g/mol. The molecule has 2 aromatic carbocycles. The zero-order valence-electron chi connectivity index (χ0n) is 13.7. The van der Waals surface area contributed by atoms with Gasteiger partial charge in [0.15, 0.2) is 11.5 Å². The molecule has 1 fully saturated rings. The van der Waals surface area contributed by atoms with Gasteiger partial charge in [0, 0.05) is 11.1 Å². The summed E-state index contributed by atoms with van der Waals surface area (Å²) in [5.41, 5.74) is 2.59. The zero-order chi connectivity index (χ0) is 16.1. The van der Waals surface area contributed by atoms with Crippen LogP contribution in [0.2, 0.25) is 0 Å². The predicted molar refractivity (Wildman–Crippen MR) is 89.9 cm³/mol. The van der Waals surface area contributed by atoms with Crippen LogP contribution in [0, 0.1) is 0 Å². The van der Waals surface area contributed by atoms with Crippen molar-refractivity contribution in [2.24, 2.45) is 0 Å². The smallest absolute Gasteiger partial charge is 0.160 e. The second-order valence-corrected chi connectivity index (χ2v) is 6.35. The van der Waals surface area contributed by atoms with Gasteiger partial charge in [-0.1, -0.05) is 30.3 Å². The topological polar surface area (TPSA) is 38.3 Å². The number of phenols is 1. The molecule has 1 saturated heterocycles. The quantitative estimate of drug-likeness (QED) is 0.720. The molecule has 1 aliphatic heterocycles. The van der Waals surface area contributed by atoms with Crippen molar-refractivity contribution in [1.29, 1.82) is 0 Å². The number of piperazine rings is 1. The van der Waals surface area contributed by atoms with Crippen molar-refractivity contribution in [3.8, 4) is 11.5 Å². The summed E-state index contributed by atoms with van der Waals surface area (Å²) in [6.07, 6.45) is 0. The molecule has 0 atom stereocenters. The molecule has 0 bridgehead atoms. The second-order valence-electron chi connectivity index (χ2n) is 6.35. The van der Waals surface area contributed by atoms with E-state index < -0.39 is 0 Å². The molecule has 0 amide bonds. The Morgan fingerprint density at radius 2 is 1.48 bits per heavy atom. The molecule has 0 aromatic heterocycles. The minimum absolute atomic E-state index is 0.234. The predicted octanol–water partition coefficient (Wildman–Crippen LogP) is -0.116. The lowest BCUT2D eigenvalue weighted by Gasteiger charge is -2.29. The lowest BCUT2D eigenvalue weighted by atomic mass is 10.1. The average Bonchev–Trinajstić information content (AvgIpc) is 2.58. The van der Waals surface area contributed by atoms with Crippen molar-refractivity contribution in [3.63, 3.8) is 0 Å². The van der Waals surface area contributed by atoms with Crippen molar-refractivity contribution in [2.45, 2.75) is 13.1 Å². The van der Waals surface area contributed by atoms with Gasteiger partial charge in [0.05, 0.1) is 7.11 Å². The number of quaternary nitrogens is 2. The molecule has 0 spiro atoms. The van der Waals surface area contributed by atoms with Crippen LogP contribution in [0.1, 0.15) is 11.1 Å². The molecule has 3 N–H and O–H groups in total. The first-order valence-electron chi connectivity index (χ1n) is 8.31. The summed E-state index contributed by atoms with van der Waals surface area (Å²) in [4.78, 5) is 3.25. The molecule has 1 heterocycles. The van der Waals surface area contributed by atoms with E-state index in [0.29, 0.717) is 5.75 Å². The van der Waals surface area contributed by atoms with Crippen LogP contribution in [0.3, 0.4) is 0 Å². The highest BCUT2D eigenvalue weighted by molar-refractivity contribution is 5.41. The SMILES string of the molecule is COc1ccc(C[NH+]2CC[NH+](Cc3ccccc3)CC2)cc1O. The van der Waals surface area contributed by atoms with Gasteiger partial charge in [0.1, 0.15) is 39.3 Å². The lowest BCUT2D eigenvalue weighted by Crippen LogP contribution is -3.27. The number of hydrogen-bond donors (Lipinski definition) is 3. The molecule has 2 aromatic rings. The van der Waals surface area contributed by atoms with Crippen molar-refractivity contribution in [2.75, 3.05) is 33.3 Å². The van der Waals surface area contributed by atoms with Gasteiger partial charge in [-0.15, -0.1) is 0 Å². The van der Waals surface area contributed by atoms with Gasteiger partial charge in [-0.25, -0.2) is 0 Å². The Balaban J connectivity index is 1.50. The van der Waals surface area contributed by atoms with E-state index in [1.807, 2.05) is 12.1 Å². The van der Waals surface area contributed by atoms with E-state index in [1.54, 1.807) is 16.9 Å². The maximum atomic E-state index is 9.89. The van der Waals surface area contributed by atoms with Gasteiger partial charge in [0.2, 0.25) is 0 Å². The summed E-state index contributed by atoms with van der Waals surface area (Å²) in [5, 5.41) is 9.89. The number of nitrogens with one attached hydrogen (secondary N) is 2. The highest BCUT2D eigenvalue weighted by Crippen LogP contribution is 2.25. The van der Waals surface area contributed by atoms with Crippen LogP contribution in [0.4, 0.5) is 0 Å². The molecule has 0 radical (unpaired) electrons. The van der Waals surface area contributed by atoms with Crippen molar-refractivity contribution in [1.82, 2.24) is 0 Å². The van der Waals surface area contributed by atoms with E-state index in [2.05, 4.69) is 36.4 Å². The van der Waals surface area contributed by atoms with Gasteiger partial charge in [0.25, 0.3) is 0 Å². The summed E-state index contributed by atoms with van der Waals surface area (Å²) < 4.78 is 5.10. The summed E-state index contributed by atoms with van der Waals surface area (Å²) in [7, 11) is 1.58. The Bertz CT molecular complexity index is 623. The minimum atomic E-state index is 0.234. The largest absolute Gasteiger partial charge is 0.504 e. The first-order valence-corrected chi connectivity index (χ1v) is 8.31. The lowest BCUT2D eigenvalue weighted by molar-refractivity contribution is -1.02. The highest BCUT2D eigenvalue weighted by atomic mass is 16.5. The van der Waals surface area contributed by atoms with Gasteiger partial charge in [-0.3, -0.25) is 0 Å². The summed E-state index contributed by atoms with van der Waals surface area (Å²) in [5.74, 6) is 0.776. The third kappa shape index (κ3) is 4.24. The average molecular weight is 314 g/mol. The maximum absolute atomic E-state index is 9.89. The minimum Gasteiger partial charge on any atom is -0.504 e. The Labute approximate surface area is 137 Å². The number of phenolic OH excluding ortho intramolecular Hbond substituents is 1. The van der Waals surface area contributed by atoms with E-state index in [0.717, 1.165) is 13.1 Å². The molecule has 4 nitrogen and oxygen atoms in total. The molecule has 122 valence electrons. The number of benzene rings is 2. The first kappa shape index (κ1) is 15.8. The number of aromatic hydroxyl groups is 1. The fourth-order valence-corrected chi connectivity index (χ4v) is 3.33. The highest BCUT2D eigenvalue weighted by Gasteiger charge is 2.23. The van der Waals surface area contributed by atoms with E-state index in [1.165, 1.54) is 37.3 Å². The first-order chi connectivity index (χ1) is 11.2. The van der Waals surface area contributed by atoms with Gasteiger partial charge in [-0.05, 0) is 18.2 Å². The normalized spacial score (nSPS) is 21.1. The summed E-state index contributed by atoms with van der Waals surface area (Å²) >= 11 is 0. The van der Waals surface area contributed by atoms with Crippen LogP contribution in [-0.2, 0) is 13.1 Å². The Hall–Kier alpha value is -2.04. The molecule has 0 aliphatic carbocycles. The van der Waals surface area contributed by atoms with E-state index in [9.17, 15) is 5.11 Å². The molecular weight excluding hydrogens is 288 g/mol. The molecule has 23 heavy (non-hydrogen) atoms. The van der Waals surface area contributed by atoms with Crippen molar-refractivity contribution >= 4 is 0 Å². The standard InChI is InChI=1S/C19H24N2O2/c1-23-19-8-7-17(13-18(19)22)15-21-11-9-20(10-12-21)14-16-5-3-2-4-6-16/h2-8,13,22H,9-12,14-15H2,1H3/p+2. The number of rotatable bonds is 5. The Morgan fingerprint density at radius 3 is 2.04 bits per heavy atom. The third-order valence-electron chi connectivity index (χ3n) is 4.66. The molecule has 0 unspecified atom stereocenters. The van der Waals surface area contributed by atoms with Crippen LogP contribution < -0.4 is 14.5 Å². The van der Waals surface area contributed by atoms with Gasteiger partial charge >= 0.3 is 0 Å². The Kier molecular flexibility index (Phi) is 5.16. The van der Waals surface area contributed by atoms with Crippen molar-refractivity contribution in [3.05, 3.63) is 59.7 Å². The van der Waals surface area contributed by atoms with E-state index in [-0.39, 0.29) is 5.75 Å². The van der Waals surface area contributed by atoms with Gasteiger partial charge in [-0.2, -0.15) is 0 Å². The molecule has 0 saturated carbocycles. The third-order valence-corrected chi connectivity index (χ3v) is 4.66. The van der Waals surface area contributed by atoms with E-state index >= 15 is 0 Å². The van der Waals surface area contributed by atoms with Crippen molar-refractivity contribution < 1.29 is 19.6 Å². The summed E-state index contributed by atoms with van der Waals surface area (Å²) in [6, 6.07) is 16.5. The second kappa shape index (κ2) is 7.49. The van der Waals surface area contributed by atoms with Crippen LogP contribution >= 0.6 is 0 Å². The molecular formula is C19H26N2O2+2. The molecule has 1 aliphatic rings. The zero-order valence-corrected chi connectivity index (χ0v) is 13.7. The van der Waals surface area contributed by atoms with Gasteiger partial charge < -0.3 is 19.6 Å². The number of methoxy groups -OCH3 is 1. The molecule has 4 heteroatoms. The fourth-order valence-electron chi connectivity index (χ4n) is 3.33. The summed E-state index contributed by atoms with van der Waals surface area (Å²) in [6.45, 7) is 6.84. The van der Waals surface area contributed by atoms with Crippen LogP contribution in [0.5, 0.6) is 11.5 Å². The Morgan fingerprint density at radius 1 is 0.870 bits per heavy atom. The fraction of sp³-hybridized carbons (Fsp3) is 0.368. The van der Waals surface area contributed by atoms with E-state index in [4.69, 9.17) is 4.74 Å². The number of ether oxygens (including phenoxy) is 1. The van der Waals surface area contributed by atoms with Crippen LogP contribution in [0.25, 0.3) is 0 Å². The maximum Gasteiger partial charge on any atom is 0.160 e. The van der Waals surface area contributed by atoms with Crippen LogP contribution in [-0.4, -0.2) is 38.4 Å².